The van der Waals surface area contributed by atoms with Gasteiger partial charge in [0.15, 0.2) is 6.10 Å². The average molecular weight is 278 g/mol. The maximum absolute atomic E-state index is 13.0. The quantitative estimate of drug-likeness (QED) is 0.861. The summed E-state index contributed by atoms with van der Waals surface area (Å²) >= 11 is 0. The summed E-state index contributed by atoms with van der Waals surface area (Å²) in [5.74, 6) is -3.15. The van der Waals surface area contributed by atoms with Gasteiger partial charge in [-0.05, 0) is 31.0 Å². The fourth-order valence-corrected chi connectivity index (χ4v) is 1.69. The summed E-state index contributed by atoms with van der Waals surface area (Å²) in [4.78, 5) is 10.9. The minimum atomic E-state index is -4.85. The lowest BCUT2D eigenvalue weighted by Gasteiger charge is -2.16. The third-order valence-corrected chi connectivity index (χ3v) is 2.80. The van der Waals surface area contributed by atoms with Crippen LogP contribution >= 0.6 is 0 Å². The first kappa shape index (κ1) is 13.6. The van der Waals surface area contributed by atoms with Gasteiger partial charge in [-0.15, -0.1) is 0 Å². The maximum Gasteiger partial charge on any atom is 0.419 e. The topological polar surface area (TPSA) is 46.5 Å². The predicted molar refractivity (Wildman–Crippen MR) is 56.2 cm³/mol. The molecule has 1 aromatic rings. The molecule has 104 valence electrons. The molecule has 1 aliphatic carbocycles. The first-order valence-electron chi connectivity index (χ1n) is 5.55. The molecule has 3 nitrogen and oxygen atoms in total. The number of carboxylic acid groups (broad SMARTS) is 1. The minimum Gasteiger partial charge on any atom is -0.478 e. The first-order chi connectivity index (χ1) is 8.79. The number of hydrogen-bond donors (Lipinski definition) is 1. The molecule has 2 rings (SSSR count). The number of rotatable bonds is 4. The van der Waals surface area contributed by atoms with Crippen LogP contribution in [0, 0.1) is 11.7 Å². The Hall–Kier alpha value is -1.79. The van der Waals surface area contributed by atoms with Crippen molar-refractivity contribution >= 4 is 5.97 Å². The van der Waals surface area contributed by atoms with Gasteiger partial charge in [0.05, 0.1) is 5.56 Å². The van der Waals surface area contributed by atoms with E-state index in [4.69, 9.17) is 9.84 Å². The van der Waals surface area contributed by atoms with Crippen molar-refractivity contribution in [3.05, 3.63) is 29.6 Å². The lowest BCUT2D eigenvalue weighted by Crippen LogP contribution is -2.29. The number of alkyl halides is 3. The van der Waals surface area contributed by atoms with Crippen LogP contribution in [-0.2, 0) is 11.0 Å². The van der Waals surface area contributed by atoms with Gasteiger partial charge < -0.3 is 9.84 Å². The number of carbonyl (C=O) groups is 1. The SMILES string of the molecule is O=C(O)C(Oc1ccc(F)c(C(F)(F)F)c1)C1CC1. The number of halogens is 4. The van der Waals surface area contributed by atoms with Gasteiger partial charge in [0.1, 0.15) is 11.6 Å². The van der Waals surface area contributed by atoms with E-state index in [0.717, 1.165) is 6.07 Å². The van der Waals surface area contributed by atoms with Crippen molar-refractivity contribution in [2.24, 2.45) is 5.92 Å². The van der Waals surface area contributed by atoms with Gasteiger partial charge in [-0.3, -0.25) is 0 Å². The molecule has 0 spiro atoms. The van der Waals surface area contributed by atoms with E-state index >= 15 is 0 Å². The Balaban J connectivity index is 2.23. The molecular weight excluding hydrogens is 268 g/mol. The van der Waals surface area contributed by atoms with Gasteiger partial charge in [-0.1, -0.05) is 0 Å². The molecule has 1 unspecified atom stereocenters. The third kappa shape index (κ3) is 3.15. The van der Waals surface area contributed by atoms with E-state index in [1.165, 1.54) is 0 Å². The Kier molecular flexibility index (Phi) is 3.38. The number of carboxylic acids is 1. The van der Waals surface area contributed by atoms with Gasteiger partial charge in [-0.2, -0.15) is 13.2 Å². The van der Waals surface area contributed by atoms with Crippen molar-refractivity contribution in [2.45, 2.75) is 25.1 Å². The smallest absolute Gasteiger partial charge is 0.419 e. The molecule has 19 heavy (non-hydrogen) atoms. The summed E-state index contributed by atoms with van der Waals surface area (Å²) in [5, 5.41) is 8.91. The van der Waals surface area contributed by atoms with Gasteiger partial charge in [0.25, 0.3) is 0 Å². The van der Waals surface area contributed by atoms with E-state index in [1.54, 1.807) is 0 Å². The van der Waals surface area contributed by atoms with E-state index in [0.29, 0.717) is 25.0 Å². The second-order valence-electron chi connectivity index (χ2n) is 4.35. The molecule has 0 bridgehead atoms. The standard InChI is InChI=1S/C12H10F4O3/c13-9-4-3-7(5-8(9)12(14,15)16)19-10(11(17)18)6-1-2-6/h3-6,10H,1-2H2,(H,17,18). The van der Waals surface area contributed by atoms with Crippen LogP contribution in [0.25, 0.3) is 0 Å². The van der Waals surface area contributed by atoms with E-state index in [-0.39, 0.29) is 11.7 Å². The summed E-state index contributed by atoms with van der Waals surface area (Å²) in [6.45, 7) is 0. The van der Waals surface area contributed by atoms with Crippen LogP contribution in [0.3, 0.4) is 0 Å². The van der Waals surface area contributed by atoms with Crippen molar-refractivity contribution in [3.8, 4) is 5.75 Å². The highest BCUT2D eigenvalue weighted by atomic mass is 19.4. The summed E-state index contributed by atoms with van der Waals surface area (Å²) < 4.78 is 55.5. The van der Waals surface area contributed by atoms with Gasteiger partial charge in [0.2, 0.25) is 0 Å². The molecule has 1 fully saturated rings. The molecule has 1 saturated carbocycles. The van der Waals surface area contributed by atoms with E-state index in [2.05, 4.69) is 0 Å². The second-order valence-corrected chi connectivity index (χ2v) is 4.35. The molecule has 1 aromatic carbocycles. The Labute approximate surface area is 105 Å². The normalized spacial score (nSPS) is 17.1. The zero-order valence-electron chi connectivity index (χ0n) is 9.58. The summed E-state index contributed by atoms with van der Waals surface area (Å²) in [7, 11) is 0. The minimum absolute atomic E-state index is 0.197. The van der Waals surface area contributed by atoms with Crippen molar-refractivity contribution < 1.29 is 32.2 Å². The van der Waals surface area contributed by atoms with Crippen LogP contribution in [0.2, 0.25) is 0 Å². The lowest BCUT2D eigenvalue weighted by molar-refractivity contribution is -0.146. The van der Waals surface area contributed by atoms with Crippen molar-refractivity contribution in [1.29, 1.82) is 0 Å². The van der Waals surface area contributed by atoms with Crippen LogP contribution in [0.1, 0.15) is 18.4 Å². The monoisotopic (exact) mass is 278 g/mol. The van der Waals surface area contributed by atoms with E-state index in [9.17, 15) is 22.4 Å². The average Bonchev–Trinajstić information content (AvgIpc) is 3.09. The Morgan fingerprint density at radius 3 is 2.47 bits per heavy atom. The number of ether oxygens (including phenoxy) is 1. The first-order valence-corrected chi connectivity index (χ1v) is 5.55. The van der Waals surface area contributed by atoms with E-state index < -0.39 is 29.6 Å². The fourth-order valence-electron chi connectivity index (χ4n) is 1.69. The Morgan fingerprint density at radius 1 is 1.37 bits per heavy atom. The highest BCUT2D eigenvalue weighted by Gasteiger charge is 2.39. The van der Waals surface area contributed by atoms with Crippen LogP contribution in [0.4, 0.5) is 17.6 Å². The summed E-state index contributed by atoms with van der Waals surface area (Å²) in [5.41, 5.74) is -1.47. The summed E-state index contributed by atoms with van der Waals surface area (Å²) in [6, 6.07) is 2.08. The zero-order valence-corrected chi connectivity index (χ0v) is 9.58. The molecule has 7 heteroatoms. The maximum atomic E-state index is 13.0. The largest absolute Gasteiger partial charge is 0.478 e. The van der Waals surface area contributed by atoms with Crippen LogP contribution in [0.15, 0.2) is 18.2 Å². The van der Waals surface area contributed by atoms with Gasteiger partial charge in [-0.25, -0.2) is 9.18 Å². The van der Waals surface area contributed by atoms with Crippen molar-refractivity contribution in [1.82, 2.24) is 0 Å². The van der Waals surface area contributed by atoms with E-state index in [1.807, 2.05) is 0 Å². The molecule has 0 saturated heterocycles. The number of hydrogen-bond acceptors (Lipinski definition) is 2. The Morgan fingerprint density at radius 2 is 2.00 bits per heavy atom. The highest BCUT2D eigenvalue weighted by Crippen LogP contribution is 2.37. The summed E-state index contributed by atoms with van der Waals surface area (Å²) in [6.07, 6.45) is -4.72. The molecule has 1 aliphatic rings. The number of aliphatic carboxylic acids is 1. The molecule has 0 heterocycles. The zero-order chi connectivity index (χ0) is 14.2. The van der Waals surface area contributed by atoms with Crippen LogP contribution in [-0.4, -0.2) is 17.2 Å². The molecule has 0 aromatic heterocycles. The molecular formula is C12H10F4O3. The third-order valence-electron chi connectivity index (χ3n) is 2.80. The fraction of sp³-hybridized carbons (Fsp3) is 0.417. The van der Waals surface area contributed by atoms with Crippen LogP contribution in [0.5, 0.6) is 5.75 Å². The van der Waals surface area contributed by atoms with Crippen LogP contribution < -0.4 is 4.74 Å². The van der Waals surface area contributed by atoms with Crippen molar-refractivity contribution in [3.63, 3.8) is 0 Å². The van der Waals surface area contributed by atoms with Gasteiger partial charge >= 0.3 is 12.1 Å². The number of benzene rings is 1. The predicted octanol–water partition coefficient (Wildman–Crippen LogP) is 3.09. The van der Waals surface area contributed by atoms with Gasteiger partial charge in [0, 0.05) is 5.92 Å². The molecule has 1 atom stereocenters. The molecule has 1 N–H and O–H groups in total. The van der Waals surface area contributed by atoms with Crippen molar-refractivity contribution in [2.75, 3.05) is 0 Å². The second kappa shape index (κ2) is 4.71. The molecule has 0 amide bonds. The molecule has 0 radical (unpaired) electrons. The Bertz CT molecular complexity index is 494. The lowest BCUT2D eigenvalue weighted by atomic mass is 10.2. The highest BCUT2D eigenvalue weighted by molar-refractivity contribution is 5.73. The molecule has 0 aliphatic heterocycles.